The first-order valence-electron chi connectivity index (χ1n) is 7.69. The van der Waals surface area contributed by atoms with Gasteiger partial charge < -0.3 is 0 Å². The molecule has 114 valence electrons. The van der Waals surface area contributed by atoms with E-state index < -0.39 is 0 Å². The van der Waals surface area contributed by atoms with E-state index in [0.717, 1.165) is 35.6 Å². The lowest BCUT2D eigenvalue weighted by Gasteiger charge is -2.27. The zero-order chi connectivity index (χ0) is 15.6. The largest absolute Gasteiger partial charge is 0.261 e. The van der Waals surface area contributed by atoms with Crippen LogP contribution in [0.1, 0.15) is 36.6 Å². The van der Waals surface area contributed by atoms with Crippen LogP contribution in [0.25, 0.3) is 0 Å². The second-order valence-electron chi connectivity index (χ2n) is 5.58. The summed E-state index contributed by atoms with van der Waals surface area (Å²) in [6.07, 6.45) is 10.4. The smallest absolute Gasteiger partial charge is 0.176 e. The van der Waals surface area contributed by atoms with E-state index in [1.54, 1.807) is 18.6 Å². The van der Waals surface area contributed by atoms with Crippen molar-refractivity contribution in [3.05, 3.63) is 70.8 Å². The summed E-state index contributed by atoms with van der Waals surface area (Å²) in [6.45, 7) is 0. The molecule has 5 heteroatoms. The van der Waals surface area contributed by atoms with E-state index in [1.807, 2.05) is 24.3 Å². The van der Waals surface area contributed by atoms with E-state index in [9.17, 15) is 0 Å². The lowest BCUT2D eigenvalue weighted by atomic mass is 9.87. The molecule has 4 rings (SSSR count). The molecule has 0 radical (unpaired) electrons. The Hall–Kier alpha value is -2.33. The summed E-state index contributed by atoms with van der Waals surface area (Å²) >= 11 is 6.42. The maximum Gasteiger partial charge on any atom is 0.176 e. The van der Waals surface area contributed by atoms with Crippen LogP contribution < -0.4 is 0 Å². The second-order valence-corrected chi connectivity index (χ2v) is 5.98. The van der Waals surface area contributed by atoms with Gasteiger partial charge in [0.25, 0.3) is 0 Å². The zero-order valence-electron chi connectivity index (χ0n) is 12.5. The number of nitrogens with zero attached hydrogens (tertiary/aromatic N) is 4. The third-order valence-corrected chi connectivity index (χ3v) is 4.44. The number of amidine groups is 1. The van der Waals surface area contributed by atoms with Crippen LogP contribution in [0, 0.1) is 0 Å². The van der Waals surface area contributed by atoms with E-state index in [0.29, 0.717) is 11.5 Å². The van der Waals surface area contributed by atoms with Crippen LogP contribution in [-0.2, 0) is 0 Å². The molecular weight excluding hydrogens is 308 g/mol. The summed E-state index contributed by atoms with van der Waals surface area (Å²) in [7, 11) is 0. The second kappa shape index (κ2) is 6.05. The minimum absolute atomic E-state index is 0.117. The Bertz CT molecular complexity index is 824. The fourth-order valence-corrected chi connectivity index (χ4v) is 3.24. The number of aliphatic imine (C=N–C) groups is 2. The molecule has 4 nitrogen and oxygen atoms in total. The molecule has 1 aromatic carbocycles. The summed E-state index contributed by atoms with van der Waals surface area (Å²) in [5.41, 5.74) is 3.98. The number of rotatable bonds is 2. The van der Waals surface area contributed by atoms with Crippen LogP contribution in [0.3, 0.4) is 0 Å². The lowest BCUT2D eigenvalue weighted by Crippen LogP contribution is -2.22. The molecule has 1 aliphatic heterocycles. The Morgan fingerprint density at radius 3 is 2.87 bits per heavy atom. The highest BCUT2D eigenvalue weighted by Crippen LogP contribution is 2.37. The fraction of sp³-hybridized carbons (Fsp3) is 0.222. The Balaban J connectivity index is 1.86. The van der Waals surface area contributed by atoms with Crippen LogP contribution in [0.5, 0.6) is 0 Å². The van der Waals surface area contributed by atoms with Crippen LogP contribution in [0.15, 0.2) is 64.5 Å². The van der Waals surface area contributed by atoms with Gasteiger partial charge >= 0.3 is 0 Å². The van der Waals surface area contributed by atoms with Crippen molar-refractivity contribution >= 4 is 23.1 Å². The first-order valence-corrected chi connectivity index (χ1v) is 8.07. The van der Waals surface area contributed by atoms with Gasteiger partial charge in [0.1, 0.15) is 11.7 Å². The number of hydrogen-bond acceptors (Lipinski definition) is 4. The molecule has 1 aromatic heterocycles. The van der Waals surface area contributed by atoms with Gasteiger partial charge in [-0.2, -0.15) is 0 Å². The molecular formula is C18H15ClN4. The Morgan fingerprint density at radius 1 is 1.13 bits per heavy atom. The number of hydrogen-bond donors (Lipinski definition) is 0. The van der Waals surface area contributed by atoms with Crippen LogP contribution >= 0.6 is 11.6 Å². The minimum Gasteiger partial charge on any atom is -0.261 e. The number of fused-ring (bicyclic) bond motifs is 1. The van der Waals surface area contributed by atoms with E-state index in [1.165, 1.54) is 5.57 Å². The van der Waals surface area contributed by atoms with Crippen molar-refractivity contribution in [2.24, 2.45) is 9.98 Å². The van der Waals surface area contributed by atoms with Gasteiger partial charge in [-0.25, -0.2) is 9.98 Å². The summed E-state index contributed by atoms with van der Waals surface area (Å²) < 4.78 is 0. The summed E-state index contributed by atoms with van der Waals surface area (Å²) in [6, 6.07) is 7.75. The maximum atomic E-state index is 6.42. The topological polar surface area (TPSA) is 50.5 Å². The molecule has 1 unspecified atom stereocenters. The van der Waals surface area contributed by atoms with Gasteiger partial charge in [-0.15, -0.1) is 0 Å². The molecule has 0 saturated heterocycles. The van der Waals surface area contributed by atoms with Crippen molar-refractivity contribution in [3.63, 3.8) is 0 Å². The summed E-state index contributed by atoms with van der Waals surface area (Å²) in [5, 5.41) is 0.729. The molecule has 1 aliphatic carbocycles. The lowest BCUT2D eigenvalue weighted by molar-refractivity contribution is 0.792. The van der Waals surface area contributed by atoms with Crippen molar-refractivity contribution in [2.45, 2.75) is 25.3 Å². The first kappa shape index (κ1) is 14.3. The average molecular weight is 323 g/mol. The predicted octanol–water partition coefficient (Wildman–Crippen LogP) is 4.18. The fourth-order valence-electron chi connectivity index (χ4n) is 3.00. The average Bonchev–Trinajstić information content (AvgIpc) is 2.62. The van der Waals surface area contributed by atoms with Gasteiger partial charge in [-0.1, -0.05) is 35.9 Å². The Kier molecular flexibility index (Phi) is 3.75. The van der Waals surface area contributed by atoms with Crippen molar-refractivity contribution in [2.75, 3.05) is 0 Å². The SMILES string of the molecule is Clc1ccccc1C1N=C(c2cnccn2)N=C2CCCC=C21. The molecule has 23 heavy (non-hydrogen) atoms. The van der Waals surface area contributed by atoms with Crippen molar-refractivity contribution < 1.29 is 0 Å². The quantitative estimate of drug-likeness (QED) is 0.832. The number of benzene rings is 1. The number of aromatic nitrogens is 2. The molecule has 2 aromatic rings. The molecule has 0 N–H and O–H groups in total. The third kappa shape index (κ3) is 2.70. The van der Waals surface area contributed by atoms with Gasteiger partial charge in [0.05, 0.1) is 6.20 Å². The Labute approximate surface area is 139 Å². The summed E-state index contributed by atoms with van der Waals surface area (Å²) in [5.74, 6) is 0.636. The van der Waals surface area contributed by atoms with Gasteiger partial charge in [0.2, 0.25) is 0 Å². The van der Waals surface area contributed by atoms with Crippen molar-refractivity contribution in [1.82, 2.24) is 9.97 Å². The van der Waals surface area contributed by atoms with Crippen LogP contribution in [0.2, 0.25) is 5.02 Å². The van der Waals surface area contributed by atoms with Crippen molar-refractivity contribution in [3.8, 4) is 0 Å². The minimum atomic E-state index is -0.117. The van der Waals surface area contributed by atoms with E-state index >= 15 is 0 Å². The standard InChI is InChI=1S/C18H15ClN4/c19-14-7-3-1-5-12(14)17-13-6-2-4-8-15(13)22-18(23-17)16-11-20-9-10-21-16/h1,3,5-7,9-11,17H,2,4,8H2. The monoisotopic (exact) mass is 322 g/mol. The third-order valence-electron chi connectivity index (χ3n) is 4.09. The van der Waals surface area contributed by atoms with Crippen molar-refractivity contribution in [1.29, 1.82) is 0 Å². The first-order chi connectivity index (χ1) is 11.3. The molecule has 1 atom stereocenters. The molecule has 0 spiro atoms. The molecule has 0 amide bonds. The Morgan fingerprint density at radius 2 is 2.04 bits per heavy atom. The highest BCUT2D eigenvalue weighted by Gasteiger charge is 2.29. The van der Waals surface area contributed by atoms with Gasteiger partial charge in [-0.05, 0) is 36.5 Å². The normalized spacial score (nSPS) is 20.2. The number of allylic oxidation sites excluding steroid dienone is 1. The molecule has 2 aliphatic rings. The highest BCUT2D eigenvalue weighted by molar-refractivity contribution is 6.31. The van der Waals surface area contributed by atoms with Gasteiger partial charge in [0, 0.05) is 23.1 Å². The van der Waals surface area contributed by atoms with Gasteiger partial charge in [-0.3, -0.25) is 9.98 Å². The predicted molar refractivity (Wildman–Crippen MR) is 92.1 cm³/mol. The summed E-state index contributed by atoms with van der Waals surface area (Å²) in [4.78, 5) is 18.0. The maximum absolute atomic E-state index is 6.42. The number of halogens is 1. The highest BCUT2D eigenvalue weighted by atomic mass is 35.5. The van der Waals surface area contributed by atoms with Crippen LogP contribution in [0.4, 0.5) is 0 Å². The molecule has 0 saturated carbocycles. The molecule has 0 bridgehead atoms. The molecule has 2 heterocycles. The van der Waals surface area contributed by atoms with E-state index in [2.05, 4.69) is 16.0 Å². The zero-order valence-corrected chi connectivity index (χ0v) is 13.2. The van der Waals surface area contributed by atoms with Crippen LogP contribution in [-0.4, -0.2) is 21.5 Å². The van der Waals surface area contributed by atoms with Gasteiger partial charge in [0.15, 0.2) is 5.84 Å². The van der Waals surface area contributed by atoms with E-state index in [4.69, 9.17) is 21.6 Å². The van der Waals surface area contributed by atoms with E-state index in [-0.39, 0.29) is 6.04 Å². The molecule has 0 fully saturated rings.